The minimum atomic E-state index is -0.879. The van der Waals surface area contributed by atoms with Crippen molar-refractivity contribution in [1.29, 1.82) is 0 Å². The molecule has 2 rings (SSSR count). The van der Waals surface area contributed by atoms with Crippen LogP contribution in [-0.4, -0.2) is 44.8 Å². The van der Waals surface area contributed by atoms with E-state index in [1.165, 1.54) is 0 Å². The molecule has 1 aromatic carbocycles. The maximum atomic E-state index is 10.7. The molecule has 1 heterocycles. The fourth-order valence-corrected chi connectivity index (χ4v) is 2.49. The molecule has 0 amide bonds. The van der Waals surface area contributed by atoms with Crippen LogP contribution < -0.4 is 0 Å². The molecule has 2 aromatic rings. The van der Waals surface area contributed by atoms with Gasteiger partial charge in [0.25, 0.3) is 0 Å². The summed E-state index contributed by atoms with van der Waals surface area (Å²) in [4.78, 5) is 10.7. The Balaban J connectivity index is 2.33. The van der Waals surface area contributed by atoms with Crippen molar-refractivity contribution in [3.63, 3.8) is 0 Å². The first-order valence-electron chi connectivity index (χ1n) is 6.47. The summed E-state index contributed by atoms with van der Waals surface area (Å²) in [6.07, 6.45) is -0.0207. The number of nitrogens with zero attached hydrogens (tertiary/aromatic N) is 3. The fourth-order valence-electron chi connectivity index (χ4n) is 1.82. The first kappa shape index (κ1) is 15.5. The standard InChI is InChI=1S/C14H17N3O3S/c1-10(20-2)8-17-13(11-6-4-3-5-7-11)15-16-14(17)21-9-12(18)19/h3-7,10H,8-9H2,1-2H3,(H,18,19). The van der Waals surface area contributed by atoms with Gasteiger partial charge in [0.2, 0.25) is 0 Å². The summed E-state index contributed by atoms with van der Waals surface area (Å²) in [7, 11) is 1.64. The number of carboxylic acids is 1. The van der Waals surface area contributed by atoms with Gasteiger partial charge in [-0.05, 0) is 6.92 Å². The summed E-state index contributed by atoms with van der Waals surface area (Å²) in [5.41, 5.74) is 0.940. The molecular weight excluding hydrogens is 290 g/mol. The van der Waals surface area contributed by atoms with E-state index in [1.807, 2.05) is 41.8 Å². The lowest BCUT2D eigenvalue weighted by molar-refractivity contribution is -0.133. The lowest BCUT2D eigenvalue weighted by Gasteiger charge is -2.14. The molecule has 0 aliphatic rings. The number of aromatic nitrogens is 3. The number of benzene rings is 1. The lowest BCUT2D eigenvalue weighted by Crippen LogP contribution is -2.16. The van der Waals surface area contributed by atoms with E-state index in [2.05, 4.69) is 10.2 Å². The summed E-state index contributed by atoms with van der Waals surface area (Å²) in [6.45, 7) is 2.51. The minimum Gasteiger partial charge on any atom is -0.481 e. The molecule has 1 atom stereocenters. The normalized spacial score (nSPS) is 12.3. The molecule has 1 unspecified atom stereocenters. The molecule has 7 heteroatoms. The Labute approximate surface area is 127 Å². The molecule has 1 aromatic heterocycles. The summed E-state index contributed by atoms with van der Waals surface area (Å²) in [5.74, 6) is -0.211. The first-order chi connectivity index (χ1) is 10.1. The first-order valence-corrected chi connectivity index (χ1v) is 7.46. The zero-order valence-electron chi connectivity index (χ0n) is 11.9. The number of methoxy groups -OCH3 is 1. The van der Waals surface area contributed by atoms with Crippen LogP contribution in [0.15, 0.2) is 35.5 Å². The van der Waals surface area contributed by atoms with Crippen molar-refractivity contribution < 1.29 is 14.6 Å². The van der Waals surface area contributed by atoms with Crippen LogP contribution in [-0.2, 0) is 16.1 Å². The van der Waals surface area contributed by atoms with E-state index in [0.717, 1.165) is 17.3 Å². The van der Waals surface area contributed by atoms with E-state index in [-0.39, 0.29) is 11.9 Å². The molecule has 1 N–H and O–H groups in total. The maximum absolute atomic E-state index is 10.7. The monoisotopic (exact) mass is 307 g/mol. The van der Waals surface area contributed by atoms with Gasteiger partial charge in [0.05, 0.1) is 18.4 Å². The van der Waals surface area contributed by atoms with Gasteiger partial charge >= 0.3 is 5.97 Å². The van der Waals surface area contributed by atoms with Gasteiger partial charge in [-0.1, -0.05) is 42.1 Å². The summed E-state index contributed by atoms with van der Waals surface area (Å²) in [5, 5.41) is 17.7. The second kappa shape index (κ2) is 7.24. The van der Waals surface area contributed by atoms with Crippen LogP contribution in [0.1, 0.15) is 6.92 Å². The van der Waals surface area contributed by atoms with Gasteiger partial charge in [-0.2, -0.15) is 0 Å². The molecule has 0 fully saturated rings. The topological polar surface area (TPSA) is 77.2 Å². The van der Waals surface area contributed by atoms with Gasteiger partial charge in [-0.3, -0.25) is 9.36 Å². The SMILES string of the molecule is COC(C)Cn1c(SCC(=O)O)nnc1-c1ccccc1. The van der Waals surface area contributed by atoms with Crippen LogP contribution >= 0.6 is 11.8 Å². The third-order valence-electron chi connectivity index (χ3n) is 2.92. The lowest BCUT2D eigenvalue weighted by atomic mass is 10.2. The van der Waals surface area contributed by atoms with Crippen LogP contribution in [0.3, 0.4) is 0 Å². The van der Waals surface area contributed by atoms with Gasteiger partial charge in [0.1, 0.15) is 0 Å². The minimum absolute atomic E-state index is 0.0207. The fraction of sp³-hybridized carbons (Fsp3) is 0.357. The Morgan fingerprint density at radius 2 is 2.10 bits per heavy atom. The average molecular weight is 307 g/mol. The highest BCUT2D eigenvalue weighted by atomic mass is 32.2. The predicted octanol–water partition coefficient (Wildman–Crippen LogP) is 2.16. The molecule has 112 valence electrons. The Kier molecular flexibility index (Phi) is 5.35. The summed E-state index contributed by atoms with van der Waals surface area (Å²) >= 11 is 1.16. The van der Waals surface area contributed by atoms with E-state index in [4.69, 9.17) is 9.84 Å². The van der Waals surface area contributed by atoms with E-state index < -0.39 is 5.97 Å². The van der Waals surface area contributed by atoms with Crippen LogP contribution in [0, 0.1) is 0 Å². The molecule has 0 spiro atoms. The number of ether oxygens (including phenoxy) is 1. The van der Waals surface area contributed by atoms with E-state index in [1.54, 1.807) is 7.11 Å². The van der Waals surface area contributed by atoms with Crippen LogP contribution in [0.25, 0.3) is 11.4 Å². The number of thioether (sulfide) groups is 1. The van der Waals surface area contributed by atoms with Gasteiger partial charge in [0, 0.05) is 12.7 Å². The van der Waals surface area contributed by atoms with Crippen LogP contribution in [0.2, 0.25) is 0 Å². The zero-order valence-corrected chi connectivity index (χ0v) is 12.7. The highest BCUT2D eigenvalue weighted by molar-refractivity contribution is 7.99. The Morgan fingerprint density at radius 1 is 1.38 bits per heavy atom. The van der Waals surface area contributed by atoms with Crippen molar-refractivity contribution in [3.05, 3.63) is 30.3 Å². The third-order valence-corrected chi connectivity index (χ3v) is 3.87. The Bertz CT molecular complexity index is 601. The molecule has 0 saturated carbocycles. The number of aliphatic carboxylic acids is 1. The smallest absolute Gasteiger partial charge is 0.313 e. The van der Waals surface area contributed by atoms with Crippen LogP contribution in [0.5, 0.6) is 0 Å². The molecule has 0 aliphatic heterocycles. The molecule has 0 radical (unpaired) electrons. The Morgan fingerprint density at radius 3 is 2.71 bits per heavy atom. The summed E-state index contributed by atoms with van der Waals surface area (Å²) < 4.78 is 7.19. The predicted molar refractivity (Wildman–Crippen MR) is 80.3 cm³/mol. The largest absolute Gasteiger partial charge is 0.481 e. The van der Waals surface area contributed by atoms with E-state index in [0.29, 0.717) is 17.5 Å². The second-order valence-electron chi connectivity index (χ2n) is 4.51. The zero-order chi connectivity index (χ0) is 15.2. The number of hydrogen-bond donors (Lipinski definition) is 1. The van der Waals surface area contributed by atoms with Gasteiger partial charge in [-0.25, -0.2) is 0 Å². The van der Waals surface area contributed by atoms with Crippen molar-refractivity contribution in [3.8, 4) is 11.4 Å². The van der Waals surface area contributed by atoms with Crippen molar-refractivity contribution in [2.24, 2.45) is 0 Å². The summed E-state index contributed by atoms with van der Waals surface area (Å²) in [6, 6.07) is 9.69. The number of rotatable bonds is 7. The van der Waals surface area contributed by atoms with Gasteiger partial charge < -0.3 is 9.84 Å². The van der Waals surface area contributed by atoms with Gasteiger partial charge in [0.15, 0.2) is 11.0 Å². The van der Waals surface area contributed by atoms with Crippen molar-refractivity contribution >= 4 is 17.7 Å². The van der Waals surface area contributed by atoms with Gasteiger partial charge in [-0.15, -0.1) is 10.2 Å². The maximum Gasteiger partial charge on any atom is 0.313 e. The third kappa shape index (κ3) is 4.05. The highest BCUT2D eigenvalue weighted by Gasteiger charge is 2.17. The molecule has 0 aliphatic carbocycles. The molecule has 0 saturated heterocycles. The molecular formula is C14H17N3O3S. The van der Waals surface area contributed by atoms with Crippen LogP contribution in [0.4, 0.5) is 0 Å². The molecule has 6 nitrogen and oxygen atoms in total. The van der Waals surface area contributed by atoms with E-state index in [9.17, 15) is 4.79 Å². The highest BCUT2D eigenvalue weighted by Crippen LogP contribution is 2.24. The average Bonchev–Trinajstić information content (AvgIpc) is 2.88. The van der Waals surface area contributed by atoms with Crippen molar-refractivity contribution in [1.82, 2.24) is 14.8 Å². The second-order valence-corrected chi connectivity index (χ2v) is 5.45. The Hall–Kier alpha value is -1.86. The molecule has 0 bridgehead atoms. The van der Waals surface area contributed by atoms with E-state index >= 15 is 0 Å². The quantitative estimate of drug-likeness (QED) is 0.790. The number of carbonyl (C=O) groups is 1. The number of carboxylic acid groups (broad SMARTS) is 1. The van der Waals surface area contributed by atoms with Crippen molar-refractivity contribution in [2.45, 2.75) is 24.7 Å². The molecule has 21 heavy (non-hydrogen) atoms. The van der Waals surface area contributed by atoms with Crippen molar-refractivity contribution in [2.75, 3.05) is 12.9 Å². The number of hydrogen-bond acceptors (Lipinski definition) is 5.